The van der Waals surface area contributed by atoms with Gasteiger partial charge in [-0.1, -0.05) is 73.9 Å². The maximum atomic E-state index is 6.29. The lowest BCUT2D eigenvalue weighted by Crippen LogP contribution is -2.30. The van der Waals surface area contributed by atoms with Gasteiger partial charge in [0.1, 0.15) is 0 Å². The summed E-state index contributed by atoms with van der Waals surface area (Å²) >= 11 is 12.4. The third-order valence-corrected chi connectivity index (χ3v) is 4.94. The number of hydrogen-bond acceptors (Lipinski definition) is 2. The van der Waals surface area contributed by atoms with E-state index in [-0.39, 0.29) is 6.04 Å². The Morgan fingerprint density at radius 2 is 1.84 bits per heavy atom. The SMILES string of the molecule is NNC(CC1CCCCCC1)c1cccc(Cl)c1Cl. The lowest BCUT2D eigenvalue weighted by atomic mass is 9.90. The number of nitrogens with two attached hydrogens (primary N) is 1. The summed E-state index contributed by atoms with van der Waals surface area (Å²) in [6.07, 6.45) is 9.06. The van der Waals surface area contributed by atoms with E-state index >= 15 is 0 Å². The van der Waals surface area contributed by atoms with Crippen LogP contribution in [0.5, 0.6) is 0 Å². The molecule has 0 amide bonds. The molecule has 1 atom stereocenters. The number of nitrogens with one attached hydrogen (secondary N) is 1. The Hall–Kier alpha value is -0.280. The number of benzene rings is 1. The lowest BCUT2D eigenvalue weighted by molar-refractivity contribution is 0.359. The van der Waals surface area contributed by atoms with Gasteiger partial charge in [-0.3, -0.25) is 11.3 Å². The zero-order valence-electron chi connectivity index (χ0n) is 11.2. The third-order valence-electron chi connectivity index (χ3n) is 4.10. The molecule has 1 aliphatic carbocycles. The zero-order valence-corrected chi connectivity index (χ0v) is 12.7. The molecule has 0 bridgehead atoms. The molecule has 19 heavy (non-hydrogen) atoms. The van der Waals surface area contributed by atoms with Crippen molar-refractivity contribution in [3.05, 3.63) is 33.8 Å². The first kappa shape index (κ1) is 15.1. The van der Waals surface area contributed by atoms with Crippen LogP contribution in [0.3, 0.4) is 0 Å². The zero-order chi connectivity index (χ0) is 13.7. The molecule has 4 heteroatoms. The maximum absolute atomic E-state index is 6.29. The summed E-state index contributed by atoms with van der Waals surface area (Å²) in [6, 6.07) is 5.84. The van der Waals surface area contributed by atoms with Crippen LogP contribution in [0.4, 0.5) is 0 Å². The van der Waals surface area contributed by atoms with Crippen molar-refractivity contribution >= 4 is 23.2 Å². The van der Waals surface area contributed by atoms with Crippen molar-refractivity contribution in [1.29, 1.82) is 0 Å². The second-order valence-corrected chi connectivity index (χ2v) is 6.24. The van der Waals surface area contributed by atoms with E-state index in [1.165, 1.54) is 38.5 Å². The highest BCUT2D eigenvalue weighted by Gasteiger charge is 2.21. The summed E-state index contributed by atoms with van der Waals surface area (Å²) in [5.41, 5.74) is 3.93. The smallest absolute Gasteiger partial charge is 0.0640 e. The summed E-state index contributed by atoms with van der Waals surface area (Å²) in [5, 5.41) is 1.22. The van der Waals surface area contributed by atoms with Crippen LogP contribution < -0.4 is 11.3 Å². The largest absolute Gasteiger partial charge is 0.271 e. The average Bonchev–Trinajstić information content (AvgIpc) is 2.68. The van der Waals surface area contributed by atoms with Crippen LogP contribution in [0, 0.1) is 5.92 Å². The third kappa shape index (κ3) is 4.09. The Bertz CT molecular complexity index is 401. The minimum atomic E-state index is 0.0919. The van der Waals surface area contributed by atoms with Gasteiger partial charge in [0.15, 0.2) is 0 Å². The fourth-order valence-corrected chi connectivity index (χ4v) is 3.45. The van der Waals surface area contributed by atoms with Crippen molar-refractivity contribution < 1.29 is 0 Å². The molecule has 1 aromatic rings. The van der Waals surface area contributed by atoms with Crippen LogP contribution in [-0.4, -0.2) is 0 Å². The molecular weight excluding hydrogens is 279 g/mol. The molecular formula is C15H22Cl2N2. The molecule has 2 nitrogen and oxygen atoms in total. The minimum absolute atomic E-state index is 0.0919. The summed E-state index contributed by atoms with van der Waals surface area (Å²) in [7, 11) is 0. The standard InChI is InChI=1S/C15H22Cl2N2/c16-13-9-5-8-12(15(13)17)14(19-18)10-11-6-3-1-2-4-7-11/h5,8-9,11,14,19H,1-4,6-7,10,18H2. The second kappa shape index (κ2) is 7.49. The first-order chi connectivity index (χ1) is 9.22. The highest BCUT2D eigenvalue weighted by atomic mass is 35.5. The van der Waals surface area contributed by atoms with E-state index in [2.05, 4.69) is 5.43 Å². The van der Waals surface area contributed by atoms with E-state index in [0.29, 0.717) is 10.0 Å². The van der Waals surface area contributed by atoms with Crippen LogP contribution in [0.25, 0.3) is 0 Å². The number of rotatable bonds is 4. The molecule has 1 aliphatic rings. The Morgan fingerprint density at radius 3 is 2.47 bits per heavy atom. The lowest BCUT2D eigenvalue weighted by Gasteiger charge is -2.23. The van der Waals surface area contributed by atoms with Gasteiger partial charge >= 0.3 is 0 Å². The van der Waals surface area contributed by atoms with Gasteiger partial charge in [0.25, 0.3) is 0 Å². The minimum Gasteiger partial charge on any atom is -0.271 e. The highest BCUT2D eigenvalue weighted by Crippen LogP contribution is 2.35. The molecule has 1 unspecified atom stereocenters. The van der Waals surface area contributed by atoms with Gasteiger partial charge in [0, 0.05) is 6.04 Å². The summed E-state index contributed by atoms with van der Waals surface area (Å²) in [5.74, 6) is 6.46. The van der Waals surface area contributed by atoms with Gasteiger partial charge in [0.05, 0.1) is 10.0 Å². The van der Waals surface area contributed by atoms with E-state index in [9.17, 15) is 0 Å². The number of hydrogen-bond donors (Lipinski definition) is 2. The normalized spacial score (nSPS) is 19.1. The highest BCUT2D eigenvalue weighted by molar-refractivity contribution is 6.42. The molecule has 1 fully saturated rings. The first-order valence-electron chi connectivity index (χ1n) is 7.12. The van der Waals surface area contributed by atoms with Gasteiger partial charge in [-0.25, -0.2) is 0 Å². The molecule has 0 aromatic heterocycles. The predicted molar refractivity (Wildman–Crippen MR) is 82.3 cm³/mol. The molecule has 1 saturated carbocycles. The Kier molecular flexibility index (Phi) is 5.96. The first-order valence-corrected chi connectivity index (χ1v) is 7.88. The van der Waals surface area contributed by atoms with E-state index in [0.717, 1.165) is 17.9 Å². The van der Waals surface area contributed by atoms with Gasteiger partial charge in [0.2, 0.25) is 0 Å². The second-order valence-electron chi connectivity index (χ2n) is 5.46. The molecule has 0 aliphatic heterocycles. The van der Waals surface area contributed by atoms with Crippen molar-refractivity contribution in [2.24, 2.45) is 11.8 Å². The van der Waals surface area contributed by atoms with Crippen LogP contribution in [0.1, 0.15) is 56.6 Å². The number of hydrazine groups is 1. The fourth-order valence-electron chi connectivity index (χ4n) is 3.01. The fraction of sp³-hybridized carbons (Fsp3) is 0.600. The molecule has 106 valence electrons. The van der Waals surface area contributed by atoms with Crippen LogP contribution in [0.15, 0.2) is 18.2 Å². The topological polar surface area (TPSA) is 38.0 Å². The summed E-state index contributed by atoms with van der Waals surface area (Å²) < 4.78 is 0. The van der Waals surface area contributed by atoms with Gasteiger partial charge < -0.3 is 0 Å². The van der Waals surface area contributed by atoms with E-state index in [1.807, 2.05) is 18.2 Å². The van der Waals surface area contributed by atoms with Crippen LogP contribution in [-0.2, 0) is 0 Å². The molecule has 0 saturated heterocycles. The monoisotopic (exact) mass is 300 g/mol. The van der Waals surface area contributed by atoms with Crippen molar-refractivity contribution in [2.45, 2.75) is 51.0 Å². The van der Waals surface area contributed by atoms with Gasteiger partial charge in [-0.15, -0.1) is 0 Å². The molecule has 2 rings (SSSR count). The summed E-state index contributed by atoms with van der Waals surface area (Å²) in [6.45, 7) is 0. The molecule has 1 aromatic carbocycles. The van der Waals surface area contributed by atoms with Crippen LogP contribution in [0.2, 0.25) is 10.0 Å². The van der Waals surface area contributed by atoms with E-state index in [4.69, 9.17) is 29.0 Å². The molecule has 3 N–H and O–H groups in total. The molecule has 0 radical (unpaired) electrons. The van der Waals surface area contributed by atoms with Gasteiger partial charge in [-0.05, 0) is 24.0 Å². The Morgan fingerprint density at radius 1 is 1.16 bits per heavy atom. The molecule has 0 spiro atoms. The Balaban J connectivity index is 2.08. The Labute approximate surface area is 125 Å². The van der Waals surface area contributed by atoms with Crippen molar-refractivity contribution in [3.8, 4) is 0 Å². The van der Waals surface area contributed by atoms with E-state index < -0.39 is 0 Å². The quantitative estimate of drug-likeness (QED) is 0.473. The summed E-state index contributed by atoms with van der Waals surface area (Å²) in [4.78, 5) is 0. The number of halogens is 2. The van der Waals surface area contributed by atoms with Crippen LogP contribution >= 0.6 is 23.2 Å². The van der Waals surface area contributed by atoms with Gasteiger partial charge in [-0.2, -0.15) is 0 Å². The average molecular weight is 301 g/mol. The predicted octanol–water partition coefficient (Wildman–Crippen LogP) is 4.86. The molecule has 0 heterocycles. The van der Waals surface area contributed by atoms with E-state index in [1.54, 1.807) is 0 Å². The maximum Gasteiger partial charge on any atom is 0.0640 e. The van der Waals surface area contributed by atoms with Crippen molar-refractivity contribution in [2.75, 3.05) is 0 Å². The van der Waals surface area contributed by atoms with Crippen molar-refractivity contribution in [1.82, 2.24) is 5.43 Å². The van der Waals surface area contributed by atoms with Crippen molar-refractivity contribution in [3.63, 3.8) is 0 Å².